The molecule has 1 atom stereocenters. The molecule has 0 spiro atoms. The molecule has 1 aliphatic carbocycles. The van der Waals surface area contributed by atoms with Crippen molar-refractivity contribution in [3.63, 3.8) is 0 Å². The summed E-state index contributed by atoms with van der Waals surface area (Å²) < 4.78 is 0. The second-order valence-electron chi connectivity index (χ2n) is 8.01. The van der Waals surface area contributed by atoms with Crippen molar-refractivity contribution in [1.29, 1.82) is 0 Å². The monoisotopic (exact) mass is 296 g/mol. The van der Waals surface area contributed by atoms with Gasteiger partial charge in [0.1, 0.15) is 0 Å². The van der Waals surface area contributed by atoms with E-state index in [9.17, 15) is 5.11 Å². The van der Waals surface area contributed by atoms with E-state index >= 15 is 0 Å². The molecule has 0 bridgehead atoms. The summed E-state index contributed by atoms with van der Waals surface area (Å²) in [7, 11) is 0. The van der Waals surface area contributed by atoms with Crippen LogP contribution in [0.2, 0.25) is 0 Å². The van der Waals surface area contributed by atoms with Crippen molar-refractivity contribution in [3.05, 3.63) is 0 Å². The summed E-state index contributed by atoms with van der Waals surface area (Å²) in [4.78, 5) is 2.63. The van der Waals surface area contributed by atoms with Crippen molar-refractivity contribution in [2.75, 3.05) is 39.3 Å². The van der Waals surface area contributed by atoms with Gasteiger partial charge in [0.15, 0.2) is 0 Å². The number of aliphatic hydroxyl groups is 1. The first-order valence-electron chi connectivity index (χ1n) is 9.17. The van der Waals surface area contributed by atoms with Gasteiger partial charge in [0.05, 0.1) is 0 Å². The van der Waals surface area contributed by atoms with Crippen LogP contribution in [0.1, 0.15) is 58.8 Å². The molecule has 124 valence electrons. The van der Waals surface area contributed by atoms with E-state index in [1.807, 2.05) is 0 Å². The highest BCUT2D eigenvalue weighted by molar-refractivity contribution is 4.89. The third kappa shape index (κ3) is 5.54. The van der Waals surface area contributed by atoms with Gasteiger partial charge in [0.2, 0.25) is 0 Å². The van der Waals surface area contributed by atoms with Crippen LogP contribution in [0.3, 0.4) is 0 Å². The largest absolute Gasteiger partial charge is 0.396 e. The Morgan fingerprint density at radius 2 is 1.90 bits per heavy atom. The average molecular weight is 296 g/mol. The lowest BCUT2D eigenvalue weighted by Crippen LogP contribution is -2.44. The third-order valence-corrected chi connectivity index (χ3v) is 5.40. The van der Waals surface area contributed by atoms with Gasteiger partial charge in [-0.15, -0.1) is 0 Å². The second-order valence-corrected chi connectivity index (χ2v) is 8.01. The van der Waals surface area contributed by atoms with Crippen molar-refractivity contribution in [2.24, 2.45) is 17.3 Å². The number of hydrogen-bond donors (Lipinski definition) is 2. The average Bonchev–Trinajstić information content (AvgIpc) is 2.77. The van der Waals surface area contributed by atoms with E-state index in [2.05, 4.69) is 24.1 Å². The number of likely N-dealkylation sites (tertiary alicyclic amines) is 1. The lowest BCUT2D eigenvalue weighted by molar-refractivity contribution is 0.136. The zero-order valence-electron chi connectivity index (χ0n) is 14.2. The topological polar surface area (TPSA) is 35.5 Å². The van der Waals surface area contributed by atoms with Crippen LogP contribution in [-0.2, 0) is 0 Å². The van der Waals surface area contributed by atoms with Gasteiger partial charge in [-0.2, -0.15) is 0 Å². The van der Waals surface area contributed by atoms with Crippen LogP contribution in [0.5, 0.6) is 0 Å². The highest BCUT2D eigenvalue weighted by Crippen LogP contribution is 2.36. The van der Waals surface area contributed by atoms with Crippen LogP contribution >= 0.6 is 0 Å². The molecule has 2 rings (SSSR count). The van der Waals surface area contributed by atoms with Crippen LogP contribution in [0.25, 0.3) is 0 Å². The number of hydrogen-bond acceptors (Lipinski definition) is 3. The van der Waals surface area contributed by atoms with Crippen molar-refractivity contribution in [2.45, 2.75) is 58.8 Å². The van der Waals surface area contributed by atoms with Gasteiger partial charge in [-0.1, -0.05) is 39.5 Å². The van der Waals surface area contributed by atoms with Crippen LogP contribution in [0, 0.1) is 17.3 Å². The van der Waals surface area contributed by atoms with Crippen LogP contribution in [-0.4, -0.2) is 49.3 Å². The fourth-order valence-electron chi connectivity index (χ4n) is 4.18. The van der Waals surface area contributed by atoms with E-state index in [-0.39, 0.29) is 0 Å². The maximum absolute atomic E-state index is 9.36. The quantitative estimate of drug-likeness (QED) is 0.709. The molecule has 0 aromatic rings. The molecule has 2 fully saturated rings. The summed E-state index contributed by atoms with van der Waals surface area (Å²) in [5.41, 5.74) is 0.482. The zero-order valence-corrected chi connectivity index (χ0v) is 14.2. The van der Waals surface area contributed by atoms with Gasteiger partial charge >= 0.3 is 0 Å². The molecule has 1 unspecified atom stereocenters. The van der Waals surface area contributed by atoms with Gasteiger partial charge in [-0.05, 0) is 49.6 Å². The predicted molar refractivity (Wildman–Crippen MR) is 89.5 cm³/mol. The summed E-state index contributed by atoms with van der Waals surface area (Å²) in [6, 6.07) is 0. The van der Waals surface area contributed by atoms with Gasteiger partial charge in [-0.25, -0.2) is 0 Å². The molecular weight excluding hydrogens is 260 g/mol. The Morgan fingerprint density at radius 3 is 2.48 bits per heavy atom. The first kappa shape index (κ1) is 17.2. The van der Waals surface area contributed by atoms with Crippen LogP contribution in [0.15, 0.2) is 0 Å². The third-order valence-electron chi connectivity index (χ3n) is 5.40. The summed E-state index contributed by atoms with van der Waals surface area (Å²) in [5, 5.41) is 13.1. The molecule has 1 saturated heterocycles. The Labute approximate surface area is 131 Å². The van der Waals surface area contributed by atoms with Gasteiger partial charge in [-0.3, -0.25) is 0 Å². The molecule has 0 aromatic carbocycles. The number of rotatable bonds is 7. The van der Waals surface area contributed by atoms with Crippen molar-refractivity contribution >= 4 is 0 Å². The normalized spacial score (nSPS) is 27.1. The number of nitrogens with zero attached hydrogens (tertiary/aromatic N) is 1. The molecule has 0 aromatic heterocycles. The Kier molecular flexibility index (Phi) is 6.97. The van der Waals surface area contributed by atoms with Gasteiger partial charge in [0.25, 0.3) is 0 Å². The van der Waals surface area contributed by atoms with Crippen molar-refractivity contribution in [3.8, 4) is 0 Å². The molecule has 1 aliphatic heterocycles. The van der Waals surface area contributed by atoms with Gasteiger partial charge < -0.3 is 15.3 Å². The second kappa shape index (κ2) is 8.50. The Bertz CT molecular complexity index is 285. The Hall–Kier alpha value is -0.120. The maximum atomic E-state index is 9.36. The lowest BCUT2D eigenvalue weighted by Gasteiger charge is -2.37. The molecular formula is C18H36N2O. The minimum Gasteiger partial charge on any atom is -0.396 e. The van der Waals surface area contributed by atoms with E-state index in [4.69, 9.17) is 0 Å². The SMILES string of the molecule is CC(C)CNCC1(CN2CCC(CO)C2)CCCCCC1. The van der Waals surface area contributed by atoms with Crippen molar-refractivity contribution < 1.29 is 5.11 Å². The number of aliphatic hydroxyl groups excluding tert-OH is 1. The molecule has 2 aliphatic rings. The molecule has 21 heavy (non-hydrogen) atoms. The smallest absolute Gasteiger partial charge is 0.0471 e. The summed E-state index contributed by atoms with van der Waals surface area (Å²) >= 11 is 0. The van der Waals surface area contributed by atoms with E-state index in [1.54, 1.807) is 0 Å². The predicted octanol–water partition coefficient (Wildman–Crippen LogP) is 2.89. The molecule has 2 N–H and O–H groups in total. The zero-order chi connectivity index (χ0) is 15.1. The highest BCUT2D eigenvalue weighted by atomic mass is 16.3. The highest BCUT2D eigenvalue weighted by Gasteiger charge is 2.34. The molecule has 3 heteroatoms. The minimum atomic E-state index is 0.370. The maximum Gasteiger partial charge on any atom is 0.0471 e. The standard InChI is InChI=1S/C18H36N2O/c1-16(2)11-19-14-18(8-5-3-4-6-9-18)15-20-10-7-17(12-20)13-21/h16-17,19,21H,3-15H2,1-2H3. The van der Waals surface area contributed by atoms with E-state index in [0.717, 1.165) is 19.0 Å². The molecule has 1 saturated carbocycles. The Balaban J connectivity index is 1.90. The summed E-state index contributed by atoms with van der Waals surface area (Å²) in [6.45, 7) is 10.8. The first-order chi connectivity index (χ1) is 10.1. The molecule has 0 amide bonds. The molecule has 1 heterocycles. The fraction of sp³-hybridized carbons (Fsp3) is 1.00. The number of nitrogens with one attached hydrogen (secondary N) is 1. The van der Waals surface area contributed by atoms with Crippen LogP contribution in [0.4, 0.5) is 0 Å². The van der Waals surface area contributed by atoms with Crippen LogP contribution < -0.4 is 5.32 Å². The van der Waals surface area contributed by atoms with E-state index < -0.39 is 0 Å². The van der Waals surface area contributed by atoms with E-state index in [0.29, 0.717) is 17.9 Å². The Morgan fingerprint density at radius 1 is 1.19 bits per heavy atom. The van der Waals surface area contributed by atoms with E-state index in [1.165, 1.54) is 64.6 Å². The fourth-order valence-corrected chi connectivity index (χ4v) is 4.18. The minimum absolute atomic E-state index is 0.370. The summed E-state index contributed by atoms with van der Waals surface area (Å²) in [5.74, 6) is 1.26. The summed E-state index contributed by atoms with van der Waals surface area (Å²) in [6.07, 6.45) is 9.61. The first-order valence-corrected chi connectivity index (χ1v) is 9.17. The molecule has 0 radical (unpaired) electrons. The lowest BCUT2D eigenvalue weighted by atomic mass is 9.79. The van der Waals surface area contributed by atoms with Crippen molar-refractivity contribution in [1.82, 2.24) is 10.2 Å². The molecule has 3 nitrogen and oxygen atoms in total. The van der Waals surface area contributed by atoms with Gasteiger partial charge in [0, 0.05) is 26.2 Å².